The second kappa shape index (κ2) is 11.7. The number of thiophene rings is 1. The zero-order chi connectivity index (χ0) is 33.0. The van der Waals surface area contributed by atoms with Crippen LogP contribution in [0.4, 0.5) is 17.1 Å². The van der Waals surface area contributed by atoms with E-state index in [1.165, 1.54) is 80.4 Å². The number of benzene rings is 9. The van der Waals surface area contributed by atoms with Crippen LogP contribution in [0.1, 0.15) is 0 Å². The van der Waals surface area contributed by atoms with Gasteiger partial charge >= 0.3 is 0 Å². The minimum Gasteiger partial charge on any atom is -0.308 e. The summed E-state index contributed by atoms with van der Waals surface area (Å²) in [5.41, 5.74) is 8.27. The van der Waals surface area contributed by atoms with Crippen LogP contribution < -0.4 is 4.90 Å². The smallest absolute Gasteiger partial charge is 0.0640 e. The van der Waals surface area contributed by atoms with Gasteiger partial charge in [0.25, 0.3) is 0 Å². The summed E-state index contributed by atoms with van der Waals surface area (Å²) in [4.78, 5) is 2.49. The number of hydrogen-bond donors (Lipinski definition) is 0. The highest BCUT2D eigenvalue weighted by atomic mass is 32.1. The van der Waals surface area contributed by atoms with Crippen LogP contribution in [0.3, 0.4) is 0 Å². The van der Waals surface area contributed by atoms with E-state index in [4.69, 9.17) is 0 Å². The minimum absolute atomic E-state index is 1.12. The molecular weight excluding hydrogens is 623 g/mol. The summed E-state index contributed by atoms with van der Waals surface area (Å²) in [6.45, 7) is 0. The number of nitrogens with zero attached hydrogens (tertiary/aromatic N) is 1. The summed E-state index contributed by atoms with van der Waals surface area (Å²) in [7, 11) is 0. The van der Waals surface area contributed by atoms with Crippen LogP contribution in [-0.2, 0) is 0 Å². The van der Waals surface area contributed by atoms with Crippen molar-refractivity contribution in [2.75, 3.05) is 4.90 Å². The molecule has 0 spiro atoms. The van der Waals surface area contributed by atoms with Crippen LogP contribution in [-0.4, -0.2) is 0 Å². The van der Waals surface area contributed by atoms with E-state index in [1.807, 2.05) is 11.3 Å². The van der Waals surface area contributed by atoms with E-state index in [1.54, 1.807) is 0 Å². The van der Waals surface area contributed by atoms with Crippen molar-refractivity contribution in [2.45, 2.75) is 0 Å². The zero-order valence-corrected chi connectivity index (χ0v) is 28.1. The molecule has 0 radical (unpaired) electrons. The normalized spacial score (nSPS) is 11.6. The molecule has 234 valence electrons. The first-order valence-corrected chi connectivity index (χ1v) is 17.9. The third-order valence-electron chi connectivity index (χ3n) is 10.0. The van der Waals surface area contributed by atoms with Gasteiger partial charge in [0, 0.05) is 26.7 Å². The van der Waals surface area contributed by atoms with E-state index in [9.17, 15) is 0 Å². The predicted octanol–water partition coefficient (Wildman–Crippen LogP) is 14.3. The summed E-state index contributed by atoms with van der Waals surface area (Å²) < 4.78 is 2.58. The van der Waals surface area contributed by atoms with E-state index >= 15 is 0 Å². The van der Waals surface area contributed by atoms with Crippen LogP contribution in [0.25, 0.3) is 74.7 Å². The zero-order valence-electron chi connectivity index (χ0n) is 27.3. The van der Waals surface area contributed by atoms with Crippen LogP contribution >= 0.6 is 11.3 Å². The SMILES string of the molecule is c1cc(-c2ccc3ccccc3c2)cc(N(c2ccccc2-c2cc3ccccc3c3ccccc23)c2cccc3c2sc2ccccc23)c1. The molecule has 1 aromatic heterocycles. The van der Waals surface area contributed by atoms with Gasteiger partial charge in [-0.15, -0.1) is 11.3 Å². The lowest BCUT2D eigenvalue weighted by Crippen LogP contribution is -2.11. The van der Waals surface area contributed by atoms with E-state index < -0.39 is 0 Å². The molecule has 0 aliphatic carbocycles. The molecule has 10 aromatic rings. The van der Waals surface area contributed by atoms with Crippen molar-refractivity contribution >= 4 is 80.9 Å². The Labute approximate surface area is 294 Å². The van der Waals surface area contributed by atoms with E-state index in [2.05, 4.69) is 193 Å². The number of para-hydroxylation sites is 1. The van der Waals surface area contributed by atoms with Crippen molar-refractivity contribution in [2.24, 2.45) is 0 Å². The molecule has 2 heteroatoms. The Kier molecular flexibility index (Phi) is 6.75. The van der Waals surface area contributed by atoms with Gasteiger partial charge in [0.15, 0.2) is 0 Å². The topological polar surface area (TPSA) is 3.24 Å². The summed E-state index contributed by atoms with van der Waals surface area (Å²) >= 11 is 1.87. The van der Waals surface area contributed by atoms with Crippen LogP contribution in [0.15, 0.2) is 188 Å². The fourth-order valence-corrected chi connectivity index (χ4v) is 8.89. The Morgan fingerprint density at radius 1 is 0.340 bits per heavy atom. The molecule has 0 saturated heterocycles. The maximum absolute atomic E-state index is 2.49. The maximum Gasteiger partial charge on any atom is 0.0640 e. The first-order chi connectivity index (χ1) is 24.8. The van der Waals surface area contributed by atoms with Crippen LogP contribution in [0.2, 0.25) is 0 Å². The molecule has 50 heavy (non-hydrogen) atoms. The van der Waals surface area contributed by atoms with Crippen molar-refractivity contribution in [3.63, 3.8) is 0 Å². The first-order valence-electron chi connectivity index (χ1n) is 17.1. The number of hydrogen-bond acceptors (Lipinski definition) is 2. The molecule has 0 bridgehead atoms. The highest BCUT2D eigenvalue weighted by molar-refractivity contribution is 7.26. The molecular formula is C48H31NS. The molecule has 10 rings (SSSR count). The Bertz CT molecular complexity index is 2900. The van der Waals surface area contributed by atoms with Gasteiger partial charge in [-0.2, -0.15) is 0 Å². The fourth-order valence-electron chi connectivity index (χ4n) is 7.68. The Morgan fingerprint density at radius 2 is 0.980 bits per heavy atom. The lowest BCUT2D eigenvalue weighted by atomic mass is 9.92. The largest absolute Gasteiger partial charge is 0.308 e. The average Bonchev–Trinajstić information content (AvgIpc) is 3.57. The summed E-state index contributed by atoms with van der Waals surface area (Å²) in [6, 6.07) is 68.8. The van der Waals surface area contributed by atoms with Crippen molar-refractivity contribution in [1.82, 2.24) is 0 Å². The summed E-state index contributed by atoms with van der Waals surface area (Å²) in [5.74, 6) is 0. The van der Waals surface area contributed by atoms with Gasteiger partial charge in [-0.1, -0.05) is 146 Å². The van der Waals surface area contributed by atoms with Gasteiger partial charge in [0.1, 0.15) is 0 Å². The molecule has 0 unspecified atom stereocenters. The molecule has 0 saturated carbocycles. The third-order valence-corrected chi connectivity index (χ3v) is 11.2. The molecule has 0 aliphatic heterocycles. The van der Waals surface area contributed by atoms with Crippen molar-refractivity contribution in [3.8, 4) is 22.3 Å². The van der Waals surface area contributed by atoms with E-state index in [-0.39, 0.29) is 0 Å². The standard InChI is InChI=1S/C48H31NS/c1-2-14-33-29-35(28-27-32(33)13-1)34-16-11-17-37(30-34)49(46-25-12-23-43-42-22-8-10-26-47(42)50-48(43)46)45-24-9-7-21-41(45)44-31-36-15-3-4-18-38(36)39-19-5-6-20-40(39)44/h1-31H. The van der Waals surface area contributed by atoms with E-state index in [0.29, 0.717) is 0 Å². The van der Waals surface area contributed by atoms with Gasteiger partial charge in [0.2, 0.25) is 0 Å². The summed E-state index contributed by atoms with van der Waals surface area (Å²) in [5, 5.41) is 10.1. The highest BCUT2D eigenvalue weighted by Crippen LogP contribution is 2.48. The molecule has 0 aliphatic rings. The lowest BCUT2D eigenvalue weighted by molar-refractivity contribution is 1.30. The molecule has 9 aromatic carbocycles. The van der Waals surface area contributed by atoms with Crippen molar-refractivity contribution in [3.05, 3.63) is 188 Å². The first kappa shape index (κ1) is 28.8. The van der Waals surface area contributed by atoms with Gasteiger partial charge in [-0.25, -0.2) is 0 Å². The highest BCUT2D eigenvalue weighted by Gasteiger charge is 2.22. The van der Waals surface area contributed by atoms with Crippen molar-refractivity contribution < 1.29 is 0 Å². The van der Waals surface area contributed by atoms with Crippen LogP contribution in [0.5, 0.6) is 0 Å². The average molecular weight is 654 g/mol. The van der Waals surface area contributed by atoms with Gasteiger partial charge in [-0.3, -0.25) is 0 Å². The lowest BCUT2D eigenvalue weighted by Gasteiger charge is -2.29. The van der Waals surface area contributed by atoms with Gasteiger partial charge in [-0.05, 0) is 91.5 Å². The quantitative estimate of drug-likeness (QED) is 0.167. The molecule has 1 heterocycles. The van der Waals surface area contributed by atoms with Crippen LogP contribution in [0, 0.1) is 0 Å². The Hall–Kier alpha value is -6.22. The molecule has 0 atom stereocenters. The molecule has 0 N–H and O–H groups in total. The van der Waals surface area contributed by atoms with Crippen molar-refractivity contribution in [1.29, 1.82) is 0 Å². The third kappa shape index (κ3) is 4.69. The Morgan fingerprint density at radius 3 is 1.88 bits per heavy atom. The molecule has 0 fully saturated rings. The Balaban J connectivity index is 1.25. The maximum atomic E-state index is 2.49. The molecule has 0 amide bonds. The van der Waals surface area contributed by atoms with Gasteiger partial charge < -0.3 is 4.90 Å². The molecule has 1 nitrogen and oxygen atoms in total. The number of anilines is 3. The second-order valence-electron chi connectivity index (χ2n) is 12.9. The summed E-state index contributed by atoms with van der Waals surface area (Å²) in [6.07, 6.45) is 0. The van der Waals surface area contributed by atoms with E-state index in [0.717, 1.165) is 11.4 Å². The van der Waals surface area contributed by atoms with Gasteiger partial charge in [0.05, 0.1) is 16.1 Å². The predicted molar refractivity (Wildman–Crippen MR) is 217 cm³/mol. The number of rotatable bonds is 5. The number of fused-ring (bicyclic) bond motifs is 7. The minimum atomic E-state index is 1.12. The fraction of sp³-hybridized carbons (Fsp3) is 0. The second-order valence-corrected chi connectivity index (χ2v) is 14.0. The monoisotopic (exact) mass is 653 g/mol.